The molecule has 0 N–H and O–H groups in total. The average Bonchev–Trinajstić information content (AvgIpc) is 2.08. The Morgan fingerprint density at radius 3 is 2.58 bits per heavy atom. The first-order valence-corrected chi connectivity index (χ1v) is 3.03. The standard InChI is InChI=1S/C8H3F2NO/c9-7-1-5(3-11)8(10)6(2-7)4-12/h1-2,4H. The van der Waals surface area contributed by atoms with Crippen molar-refractivity contribution in [3.63, 3.8) is 0 Å². The Hall–Kier alpha value is -1.76. The minimum absolute atomic E-state index is 0.166. The Balaban J connectivity index is 3.44. The first-order chi connectivity index (χ1) is 5.69. The van der Waals surface area contributed by atoms with Gasteiger partial charge in [-0.1, -0.05) is 0 Å². The van der Waals surface area contributed by atoms with Gasteiger partial charge in [0.2, 0.25) is 0 Å². The molecule has 0 atom stereocenters. The van der Waals surface area contributed by atoms with Gasteiger partial charge in [-0.15, -0.1) is 0 Å². The molecule has 0 unspecified atom stereocenters. The smallest absolute Gasteiger partial charge is 0.153 e. The number of carbonyl (C=O) groups excluding carboxylic acids is 1. The Morgan fingerprint density at radius 2 is 2.08 bits per heavy atom. The van der Waals surface area contributed by atoms with E-state index in [9.17, 15) is 13.6 Å². The number of hydrogen-bond donors (Lipinski definition) is 0. The second-order valence-corrected chi connectivity index (χ2v) is 2.09. The molecule has 2 nitrogen and oxygen atoms in total. The number of aldehydes is 1. The molecule has 0 heterocycles. The summed E-state index contributed by atoms with van der Waals surface area (Å²) in [5, 5.41) is 8.29. The zero-order valence-electron chi connectivity index (χ0n) is 5.84. The topological polar surface area (TPSA) is 40.9 Å². The SMILES string of the molecule is N#Cc1cc(F)cc(C=O)c1F. The molecule has 0 aromatic heterocycles. The van der Waals surface area contributed by atoms with Gasteiger partial charge in [0.05, 0.1) is 11.1 Å². The Labute approximate surface area is 67.0 Å². The maximum absolute atomic E-state index is 12.8. The van der Waals surface area contributed by atoms with E-state index in [4.69, 9.17) is 5.26 Å². The monoisotopic (exact) mass is 167 g/mol. The summed E-state index contributed by atoms with van der Waals surface area (Å²) in [5.74, 6) is -1.77. The van der Waals surface area contributed by atoms with Gasteiger partial charge in [0.15, 0.2) is 12.1 Å². The van der Waals surface area contributed by atoms with E-state index in [2.05, 4.69) is 0 Å². The van der Waals surface area contributed by atoms with Gasteiger partial charge in [0, 0.05) is 0 Å². The molecule has 4 heteroatoms. The first-order valence-electron chi connectivity index (χ1n) is 3.03. The molecule has 0 aliphatic heterocycles. The van der Waals surface area contributed by atoms with Gasteiger partial charge in [-0.3, -0.25) is 4.79 Å². The molecule has 0 spiro atoms. The van der Waals surface area contributed by atoms with Gasteiger partial charge in [-0.2, -0.15) is 5.26 Å². The van der Waals surface area contributed by atoms with Crippen LogP contribution >= 0.6 is 0 Å². The summed E-state index contributed by atoms with van der Waals surface area (Å²) in [4.78, 5) is 10.1. The molecule has 0 aliphatic rings. The van der Waals surface area contributed by atoms with Gasteiger partial charge >= 0.3 is 0 Å². The second kappa shape index (κ2) is 3.09. The van der Waals surface area contributed by atoms with Crippen LogP contribution in [0.5, 0.6) is 0 Å². The van der Waals surface area contributed by atoms with Crippen molar-refractivity contribution in [3.05, 3.63) is 34.9 Å². The molecule has 0 radical (unpaired) electrons. The lowest BCUT2D eigenvalue weighted by Crippen LogP contribution is -1.94. The van der Waals surface area contributed by atoms with Crippen LogP contribution in [0.4, 0.5) is 8.78 Å². The predicted molar refractivity (Wildman–Crippen MR) is 36.5 cm³/mol. The van der Waals surface area contributed by atoms with Crippen molar-refractivity contribution in [2.24, 2.45) is 0 Å². The van der Waals surface area contributed by atoms with Crippen molar-refractivity contribution in [2.75, 3.05) is 0 Å². The van der Waals surface area contributed by atoms with E-state index >= 15 is 0 Å². The molecule has 0 saturated heterocycles. The molecule has 1 aromatic rings. The number of rotatable bonds is 1. The third-order valence-corrected chi connectivity index (χ3v) is 1.31. The van der Waals surface area contributed by atoms with Crippen LogP contribution in [0.15, 0.2) is 12.1 Å². The minimum Gasteiger partial charge on any atom is -0.298 e. The van der Waals surface area contributed by atoms with Crippen molar-refractivity contribution < 1.29 is 13.6 Å². The number of benzene rings is 1. The van der Waals surface area contributed by atoms with E-state index in [0.717, 1.165) is 12.1 Å². The van der Waals surface area contributed by atoms with Crippen molar-refractivity contribution in [3.8, 4) is 6.07 Å². The van der Waals surface area contributed by atoms with E-state index in [1.165, 1.54) is 6.07 Å². The number of nitrogens with zero attached hydrogens (tertiary/aromatic N) is 1. The fourth-order valence-electron chi connectivity index (χ4n) is 0.777. The highest BCUT2D eigenvalue weighted by molar-refractivity contribution is 5.76. The van der Waals surface area contributed by atoms with Gasteiger partial charge < -0.3 is 0 Å². The number of nitriles is 1. The first kappa shape index (κ1) is 8.34. The Bertz CT molecular complexity index is 368. The molecular formula is C8H3F2NO. The molecule has 0 saturated carbocycles. The Kier molecular flexibility index (Phi) is 2.15. The predicted octanol–water partition coefficient (Wildman–Crippen LogP) is 1.65. The van der Waals surface area contributed by atoms with E-state index in [1.54, 1.807) is 0 Å². The molecule has 0 amide bonds. The number of halogens is 2. The Morgan fingerprint density at radius 1 is 1.42 bits per heavy atom. The summed E-state index contributed by atoms with van der Waals surface area (Å²) in [6.07, 6.45) is 0.166. The van der Waals surface area contributed by atoms with Gasteiger partial charge in [-0.05, 0) is 12.1 Å². The normalized spacial score (nSPS) is 9.08. The zero-order chi connectivity index (χ0) is 9.14. The minimum atomic E-state index is -0.978. The molecule has 0 aliphatic carbocycles. The summed E-state index contributed by atoms with van der Waals surface area (Å²) in [6, 6.07) is 2.91. The van der Waals surface area contributed by atoms with Crippen LogP contribution in [0.2, 0.25) is 0 Å². The number of hydrogen-bond acceptors (Lipinski definition) is 2. The van der Waals surface area contributed by atoms with E-state index < -0.39 is 22.8 Å². The molecular weight excluding hydrogens is 164 g/mol. The van der Waals surface area contributed by atoms with Gasteiger partial charge in [0.25, 0.3) is 0 Å². The van der Waals surface area contributed by atoms with Crippen LogP contribution in [0.1, 0.15) is 15.9 Å². The van der Waals surface area contributed by atoms with E-state index in [1.807, 2.05) is 0 Å². The van der Waals surface area contributed by atoms with Crippen LogP contribution in [0, 0.1) is 23.0 Å². The highest BCUT2D eigenvalue weighted by Gasteiger charge is 2.09. The molecule has 1 rings (SSSR count). The summed E-state index contributed by atoms with van der Waals surface area (Å²) >= 11 is 0. The molecule has 0 bridgehead atoms. The van der Waals surface area contributed by atoms with Crippen molar-refractivity contribution in [2.45, 2.75) is 0 Å². The maximum Gasteiger partial charge on any atom is 0.153 e. The molecule has 1 aromatic carbocycles. The van der Waals surface area contributed by atoms with Crippen LogP contribution in [0.3, 0.4) is 0 Å². The fraction of sp³-hybridized carbons (Fsp3) is 0. The van der Waals surface area contributed by atoms with Crippen molar-refractivity contribution in [1.82, 2.24) is 0 Å². The summed E-state index contributed by atoms with van der Waals surface area (Å²) in [5.41, 5.74) is -0.899. The molecule has 12 heavy (non-hydrogen) atoms. The summed E-state index contributed by atoms with van der Waals surface area (Å²) in [7, 11) is 0. The lowest BCUT2D eigenvalue weighted by molar-refractivity contribution is 0.111. The second-order valence-electron chi connectivity index (χ2n) is 2.09. The zero-order valence-corrected chi connectivity index (χ0v) is 5.84. The third kappa shape index (κ3) is 1.30. The number of carbonyl (C=O) groups is 1. The van der Waals surface area contributed by atoms with E-state index in [-0.39, 0.29) is 6.29 Å². The van der Waals surface area contributed by atoms with Gasteiger partial charge in [-0.25, -0.2) is 8.78 Å². The van der Waals surface area contributed by atoms with Gasteiger partial charge in [0.1, 0.15) is 11.9 Å². The van der Waals surface area contributed by atoms with Crippen LogP contribution in [-0.4, -0.2) is 6.29 Å². The highest BCUT2D eigenvalue weighted by Crippen LogP contribution is 2.12. The lowest BCUT2D eigenvalue weighted by atomic mass is 10.1. The van der Waals surface area contributed by atoms with Crippen LogP contribution < -0.4 is 0 Å². The van der Waals surface area contributed by atoms with E-state index in [0.29, 0.717) is 0 Å². The largest absolute Gasteiger partial charge is 0.298 e. The van der Waals surface area contributed by atoms with Crippen molar-refractivity contribution in [1.29, 1.82) is 5.26 Å². The maximum atomic E-state index is 12.8. The van der Waals surface area contributed by atoms with Crippen molar-refractivity contribution >= 4 is 6.29 Å². The quantitative estimate of drug-likeness (QED) is 0.596. The third-order valence-electron chi connectivity index (χ3n) is 1.31. The van der Waals surface area contributed by atoms with Crippen LogP contribution in [0.25, 0.3) is 0 Å². The highest BCUT2D eigenvalue weighted by atomic mass is 19.1. The average molecular weight is 167 g/mol. The summed E-state index contributed by atoms with van der Waals surface area (Å²) in [6.45, 7) is 0. The summed E-state index contributed by atoms with van der Waals surface area (Å²) < 4.78 is 25.3. The molecule has 60 valence electrons. The van der Waals surface area contributed by atoms with Crippen LogP contribution in [-0.2, 0) is 0 Å². The molecule has 0 fully saturated rings. The lowest BCUT2D eigenvalue weighted by Gasteiger charge is -1.96. The fourth-order valence-corrected chi connectivity index (χ4v) is 0.777.